The van der Waals surface area contributed by atoms with Gasteiger partial charge in [-0.25, -0.2) is 0 Å². The summed E-state index contributed by atoms with van der Waals surface area (Å²) >= 11 is 0. The second-order valence-corrected chi connectivity index (χ2v) is 7.12. The van der Waals surface area contributed by atoms with Gasteiger partial charge in [-0.05, 0) is 30.9 Å². The van der Waals surface area contributed by atoms with Gasteiger partial charge in [0.2, 0.25) is 5.91 Å². The molecule has 1 aliphatic heterocycles. The first kappa shape index (κ1) is 24.2. The third-order valence-electron chi connectivity index (χ3n) is 5.31. The van der Waals surface area contributed by atoms with Gasteiger partial charge in [-0.2, -0.15) is 0 Å². The third kappa shape index (κ3) is 5.74. The highest BCUT2D eigenvalue weighted by Crippen LogP contribution is 2.27. The molecular formula is C22H32IN5O2. The van der Waals surface area contributed by atoms with Crippen molar-refractivity contribution in [2.45, 2.75) is 52.5 Å². The number of aromatic nitrogens is 1. The van der Waals surface area contributed by atoms with Gasteiger partial charge in [0, 0.05) is 50.8 Å². The van der Waals surface area contributed by atoms with E-state index in [0.717, 1.165) is 54.9 Å². The van der Waals surface area contributed by atoms with Crippen LogP contribution in [0.15, 0.2) is 33.8 Å². The van der Waals surface area contributed by atoms with E-state index in [4.69, 9.17) is 4.52 Å². The Balaban J connectivity index is 0.00000320. The minimum atomic E-state index is 0. The Labute approximate surface area is 195 Å². The van der Waals surface area contributed by atoms with Gasteiger partial charge in [0.15, 0.2) is 5.96 Å². The summed E-state index contributed by atoms with van der Waals surface area (Å²) < 4.78 is 5.41. The Morgan fingerprint density at radius 1 is 1.23 bits per heavy atom. The Kier molecular flexibility index (Phi) is 9.61. The standard InChI is InChI=1S/C22H31N5O2.HI/c1-4-18-17(20(5-2)29-26-18)15-25-22(23-3)24-13-8-11-21(28)27-14-12-16-9-6-7-10-19(16)27;/h6-7,9-10H,4-5,8,11-15H2,1-3H3,(H2,23,24,25);1H. The maximum atomic E-state index is 12.6. The Hall–Kier alpha value is -2.10. The average Bonchev–Trinajstić information content (AvgIpc) is 3.36. The number of nitrogens with one attached hydrogen (secondary N) is 2. The maximum absolute atomic E-state index is 12.6. The molecule has 7 nitrogen and oxygen atoms in total. The van der Waals surface area contributed by atoms with Crippen molar-refractivity contribution in [2.24, 2.45) is 4.99 Å². The molecule has 30 heavy (non-hydrogen) atoms. The number of carbonyl (C=O) groups excluding carboxylic acids is 1. The zero-order valence-electron chi connectivity index (χ0n) is 18.0. The van der Waals surface area contributed by atoms with Crippen molar-refractivity contribution in [3.05, 3.63) is 46.8 Å². The van der Waals surface area contributed by atoms with E-state index in [-0.39, 0.29) is 29.9 Å². The van der Waals surface area contributed by atoms with Crippen LogP contribution in [0.25, 0.3) is 0 Å². The molecule has 164 valence electrons. The van der Waals surface area contributed by atoms with Gasteiger partial charge in [-0.1, -0.05) is 37.2 Å². The molecule has 0 aliphatic carbocycles. The van der Waals surface area contributed by atoms with Crippen molar-refractivity contribution >= 4 is 41.5 Å². The minimum Gasteiger partial charge on any atom is -0.361 e. The maximum Gasteiger partial charge on any atom is 0.227 e. The Morgan fingerprint density at radius 3 is 2.77 bits per heavy atom. The van der Waals surface area contributed by atoms with Crippen molar-refractivity contribution in [3.8, 4) is 0 Å². The average molecular weight is 525 g/mol. The summed E-state index contributed by atoms with van der Waals surface area (Å²) in [5, 5.41) is 10.8. The van der Waals surface area contributed by atoms with Crippen molar-refractivity contribution in [3.63, 3.8) is 0 Å². The van der Waals surface area contributed by atoms with Gasteiger partial charge >= 0.3 is 0 Å². The van der Waals surface area contributed by atoms with Crippen molar-refractivity contribution in [1.29, 1.82) is 0 Å². The number of para-hydroxylation sites is 1. The summed E-state index contributed by atoms with van der Waals surface area (Å²) in [6, 6.07) is 8.15. The highest BCUT2D eigenvalue weighted by molar-refractivity contribution is 14.0. The number of benzene rings is 1. The molecule has 0 spiro atoms. The number of guanidine groups is 1. The summed E-state index contributed by atoms with van der Waals surface area (Å²) in [6.07, 6.45) is 3.88. The molecule has 0 atom stereocenters. The van der Waals surface area contributed by atoms with Gasteiger partial charge in [0.25, 0.3) is 0 Å². The van der Waals surface area contributed by atoms with Crippen LogP contribution in [0.3, 0.4) is 0 Å². The fourth-order valence-electron chi connectivity index (χ4n) is 3.71. The number of hydrogen-bond donors (Lipinski definition) is 2. The molecule has 0 radical (unpaired) electrons. The molecule has 0 unspecified atom stereocenters. The van der Waals surface area contributed by atoms with E-state index >= 15 is 0 Å². The van der Waals surface area contributed by atoms with Crippen molar-refractivity contribution < 1.29 is 9.32 Å². The summed E-state index contributed by atoms with van der Waals surface area (Å²) in [5.74, 6) is 1.82. The zero-order valence-corrected chi connectivity index (χ0v) is 20.4. The number of aliphatic imine (C=N–C) groups is 1. The van der Waals surface area contributed by atoms with Crippen LogP contribution >= 0.6 is 24.0 Å². The molecule has 0 saturated carbocycles. The van der Waals surface area contributed by atoms with Gasteiger partial charge in [-0.3, -0.25) is 9.79 Å². The fraction of sp³-hybridized carbons (Fsp3) is 0.500. The monoisotopic (exact) mass is 525 g/mol. The third-order valence-corrected chi connectivity index (χ3v) is 5.31. The van der Waals surface area contributed by atoms with Gasteiger partial charge in [0.05, 0.1) is 5.69 Å². The first-order chi connectivity index (χ1) is 14.2. The van der Waals surface area contributed by atoms with Crippen LogP contribution in [0, 0.1) is 0 Å². The number of halogens is 1. The number of fused-ring (bicyclic) bond motifs is 1. The Bertz CT molecular complexity index is 843. The van der Waals surface area contributed by atoms with E-state index in [0.29, 0.717) is 25.5 Å². The number of amides is 1. The lowest BCUT2D eigenvalue weighted by Gasteiger charge is -2.17. The number of anilines is 1. The number of nitrogens with zero attached hydrogens (tertiary/aromatic N) is 3. The molecule has 3 rings (SSSR count). The summed E-state index contributed by atoms with van der Waals surface area (Å²) in [5.41, 5.74) is 4.42. The molecule has 0 fully saturated rings. The number of hydrogen-bond acceptors (Lipinski definition) is 4. The van der Waals surface area contributed by atoms with Gasteiger partial charge in [0.1, 0.15) is 5.76 Å². The van der Waals surface area contributed by atoms with Crippen molar-refractivity contribution in [1.82, 2.24) is 15.8 Å². The summed E-state index contributed by atoms with van der Waals surface area (Å²) in [4.78, 5) is 18.8. The van der Waals surface area contributed by atoms with Crippen LogP contribution in [0.1, 0.15) is 49.3 Å². The molecule has 2 heterocycles. The Morgan fingerprint density at radius 2 is 2.03 bits per heavy atom. The quantitative estimate of drug-likeness (QED) is 0.239. The number of aryl methyl sites for hydroxylation is 2. The predicted molar refractivity (Wildman–Crippen MR) is 131 cm³/mol. The van der Waals surface area contributed by atoms with Crippen LogP contribution in [0.5, 0.6) is 0 Å². The van der Waals surface area contributed by atoms with Crippen LogP contribution in [-0.4, -0.2) is 37.2 Å². The SMILES string of the molecule is CCc1noc(CC)c1CNC(=NC)NCCCC(=O)N1CCc2ccccc21.I. The molecule has 2 aromatic rings. The van der Waals surface area contributed by atoms with Gasteiger partial charge in [-0.15, -0.1) is 24.0 Å². The lowest BCUT2D eigenvalue weighted by molar-refractivity contribution is -0.118. The molecule has 0 saturated heterocycles. The molecule has 0 bridgehead atoms. The second kappa shape index (κ2) is 11.9. The van der Waals surface area contributed by atoms with Crippen LogP contribution < -0.4 is 15.5 Å². The molecule has 8 heteroatoms. The van der Waals surface area contributed by atoms with E-state index in [1.165, 1.54) is 5.56 Å². The summed E-state index contributed by atoms with van der Waals surface area (Å²) in [6.45, 7) is 6.23. The lowest BCUT2D eigenvalue weighted by atomic mass is 10.1. The predicted octanol–water partition coefficient (Wildman–Crippen LogP) is 3.45. The van der Waals surface area contributed by atoms with Crippen LogP contribution in [0.2, 0.25) is 0 Å². The first-order valence-electron chi connectivity index (χ1n) is 10.5. The first-order valence-corrected chi connectivity index (χ1v) is 10.5. The topological polar surface area (TPSA) is 82.8 Å². The normalized spacial score (nSPS) is 13.0. The molecule has 1 aromatic heterocycles. The second-order valence-electron chi connectivity index (χ2n) is 7.12. The molecule has 1 amide bonds. The van der Waals surface area contributed by atoms with E-state index in [1.807, 2.05) is 23.1 Å². The van der Waals surface area contributed by atoms with Gasteiger partial charge < -0.3 is 20.1 Å². The largest absolute Gasteiger partial charge is 0.361 e. The van der Waals surface area contributed by atoms with E-state index in [9.17, 15) is 4.79 Å². The van der Waals surface area contributed by atoms with Crippen LogP contribution in [0.4, 0.5) is 5.69 Å². The molecule has 1 aromatic carbocycles. The molecular weight excluding hydrogens is 493 g/mol. The highest BCUT2D eigenvalue weighted by Gasteiger charge is 2.23. The smallest absolute Gasteiger partial charge is 0.227 e. The zero-order chi connectivity index (χ0) is 20.6. The molecule has 2 N–H and O–H groups in total. The number of carbonyl (C=O) groups is 1. The van der Waals surface area contributed by atoms with E-state index in [2.05, 4.69) is 40.7 Å². The van der Waals surface area contributed by atoms with Crippen LogP contribution in [-0.2, 0) is 30.6 Å². The minimum absolute atomic E-state index is 0. The molecule has 1 aliphatic rings. The summed E-state index contributed by atoms with van der Waals surface area (Å²) in [7, 11) is 1.75. The van der Waals surface area contributed by atoms with Crippen molar-refractivity contribution in [2.75, 3.05) is 25.0 Å². The number of rotatable bonds is 8. The lowest BCUT2D eigenvalue weighted by Crippen LogP contribution is -2.38. The van der Waals surface area contributed by atoms with E-state index in [1.54, 1.807) is 7.05 Å². The van der Waals surface area contributed by atoms with E-state index < -0.39 is 0 Å². The fourth-order valence-corrected chi connectivity index (χ4v) is 3.71. The highest BCUT2D eigenvalue weighted by atomic mass is 127.